The maximum absolute atomic E-state index is 13.3. The van der Waals surface area contributed by atoms with Crippen molar-refractivity contribution in [1.29, 1.82) is 0 Å². The van der Waals surface area contributed by atoms with Crippen molar-refractivity contribution in [2.45, 2.75) is 22.6 Å². The molecule has 2 bridgehead atoms. The maximum atomic E-state index is 13.3. The summed E-state index contributed by atoms with van der Waals surface area (Å²) < 4.78 is 6.10. The number of para-hydroxylation sites is 1. The second-order valence-corrected chi connectivity index (χ2v) is 12.3. The number of nitrogens with zero attached hydrogens (tertiary/aromatic N) is 1. The van der Waals surface area contributed by atoms with Gasteiger partial charge in [-0.15, -0.1) is 11.8 Å². The van der Waals surface area contributed by atoms with E-state index in [1.54, 1.807) is 11.8 Å². The number of fused-ring (bicyclic) bond motifs is 9. The first-order valence-corrected chi connectivity index (χ1v) is 13.9. The minimum Gasteiger partial charge on any atom is -0.480 e. The Hall–Kier alpha value is -3.37. The summed E-state index contributed by atoms with van der Waals surface area (Å²) in [6.45, 7) is -0.588. The molecule has 3 heterocycles. The van der Waals surface area contributed by atoms with E-state index in [1.165, 1.54) is 11.3 Å². The quantitative estimate of drug-likeness (QED) is 0.479. The van der Waals surface area contributed by atoms with Crippen LogP contribution in [0.5, 0.6) is 11.5 Å². The van der Waals surface area contributed by atoms with Crippen molar-refractivity contribution < 1.29 is 24.2 Å². The zero-order valence-corrected chi connectivity index (χ0v) is 21.0. The van der Waals surface area contributed by atoms with Crippen LogP contribution in [0.3, 0.4) is 0 Å². The number of likely N-dealkylation sites (tertiary alicyclic amines) is 1. The average Bonchev–Trinajstić information content (AvgIpc) is 3.60. The number of hydrogen-bond acceptors (Lipinski definition) is 7. The Morgan fingerprint density at radius 3 is 2.49 bits per heavy atom. The summed E-state index contributed by atoms with van der Waals surface area (Å²) in [4.78, 5) is 55.0. The van der Waals surface area contributed by atoms with Crippen molar-refractivity contribution in [1.82, 2.24) is 9.88 Å². The Balaban J connectivity index is 1.29. The number of benzene rings is 2. The number of thiazole rings is 1. The summed E-state index contributed by atoms with van der Waals surface area (Å²) >= 11 is 2.81. The number of aliphatic carboxylic acids is 1. The molecule has 2 amide bonds. The SMILES string of the molecule is O=C(O)CN1C(=O)[C@@H]2[C@H]3C[C@@H]([C@@H]2C1=O)[C@@H]1[C@H](c2cccc(Oc4ccccc4)c2)c2sc(=O)[nH]c2S[C@H]31. The van der Waals surface area contributed by atoms with E-state index in [2.05, 4.69) is 4.98 Å². The Bertz CT molecular complexity index is 1500. The first kappa shape index (κ1) is 22.8. The standard InChI is InChI=1S/C27H22N2O6S2/c30-17(31)11-29-25(32)20-15-10-16(21(20)26(29)33)22-19(15)18(23-24(36-22)28-27(34)37-23)12-5-4-8-14(9-12)35-13-6-2-1-3-7-13/h1-9,15-16,18-22H,10-11H2,(H,28,34)(H,30,31)/t15-,16-,18+,19-,20+,21-,22-/m1/s1. The molecule has 10 heteroatoms. The first-order chi connectivity index (χ1) is 17.9. The van der Waals surface area contributed by atoms with Crippen LogP contribution in [-0.4, -0.2) is 44.6 Å². The highest BCUT2D eigenvalue weighted by molar-refractivity contribution is 8.00. The van der Waals surface area contributed by atoms with Gasteiger partial charge in [0.2, 0.25) is 11.8 Å². The van der Waals surface area contributed by atoms with Gasteiger partial charge in [0, 0.05) is 16.0 Å². The van der Waals surface area contributed by atoms with Gasteiger partial charge >= 0.3 is 10.8 Å². The van der Waals surface area contributed by atoms with E-state index in [0.717, 1.165) is 32.5 Å². The molecule has 0 radical (unpaired) electrons. The van der Waals surface area contributed by atoms with Crippen LogP contribution in [0.15, 0.2) is 64.4 Å². The molecule has 2 aliphatic carbocycles. The highest BCUT2D eigenvalue weighted by Crippen LogP contribution is 2.68. The van der Waals surface area contributed by atoms with E-state index in [0.29, 0.717) is 5.75 Å². The number of thioether (sulfide) groups is 1. The van der Waals surface area contributed by atoms with Crippen molar-refractivity contribution in [3.63, 3.8) is 0 Å². The number of carbonyl (C=O) groups excluding carboxylic acids is 2. The molecular weight excluding hydrogens is 512 g/mol. The Kier molecular flexibility index (Phi) is 5.13. The number of amides is 2. The Labute approximate surface area is 219 Å². The van der Waals surface area contributed by atoms with Crippen molar-refractivity contribution in [3.8, 4) is 11.5 Å². The summed E-state index contributed by atoms with van der Waals surface area (Å²) in [5, 5.41) is 10.2. The molecular formula is C27H22N2O6S2. The average molecular weight is 535 g/mol. The molecule has 2 aromatic carbocycles. The van der Waals surface area contributed by atoms with Gasteiger partial charge < -0.3 is 14.8 Å². The number of ether oxygens (including phenoxy) is 1. The molecule has 4 aliphatic rings. The van der Waals surface area contributed by atoms with Crippen molar-refractivity contribution in [2.75, 3.05) is 6.54 Å². The number of hydrogen-bond donors (Lipinski definition) is 2. The lowest BCUT2D eigenvalue weighted by Gasteiger charge is -2.43. The minimum atomic E-state index is -1.19. The Morgan fingerprint density at radius 2 is 1.73 bits per heavy atom. The normalized spacial score (nSPS) is 31.2. The van der Waals surface area contributed by atoms with Gasteiger partial charge in [-0.3, -0.25) is 24.1 Å². The molecule has 188 valence electrons. The van der Waals surface area contributed by atoms with Crippen LogP contribution in [0.2, 0.25) is 0 Å². The fourth-order valence-corrected chi connectivity index (χ4v) is 10.0. The van der Waals surface area contributed by atoms with Crippen molar-refractivity contribution in [2.24, 2.45) is 29.6 Å². The van der Waals surface area contributed by atoms with Gasteiger partial charge in [0.15, 0.2) is 0 Å². The number of rotatable bonds is 5. The van der Waals surface area contributed by atoms with Gasteiger partial charge in [0.25, 0.3) is 0 Å². The molecule has 2 N–H and O–H groups in total. The predicted molar refractivity (Wildman–Crippen MR) is 136 cm³/mol. The molecule has 7 atom stereocenters. The van der Waals surface area contributed by atoms with Gasteiger partial charge in [-0.1, -0.05) is 41.7 Å². The van der Waals surface area contributed by atoms with Crippen LogP contribution in [0.1, 0.15) is 22.8 Å². The fraction of sp³-hybridized carbons (Fsp3) is 0.333. The molecule has 3 aromatic rings. The molecule has 1 saturated heterocycles. The second-order valence-electron chi connectivity index (χ2n) is 10.1. The summed E-state index contributed by atoms with van der Waals surface area (Å²) in [7, 11) is 0. The zero-order valence-electron chi connectivity index (χ0n) is 19.4. The van der Waals surface area contributed by atoms with Gasteiger partial charge in [-0.2, -0.15) is 0 Å². The number of carboxylic acid groups (broad SMARTS) is 1. The number of aromatic amines is 1. The molecule has 8 nitrogen and oxygen atoms in total. The van der Waals surface area contributed by atoms with Crippen LogP contribution in [-0.2, 0) is 14.4 Å². The van der Waals surface area contributed by atoms with Crippen molar-refractivity contribution >= 4 is 40.9 Å². The van der Waals surface area contributed by atoms with Crippen LogP contribution < -0.4 is 9.61 Å². The number of imide groups is 1. The zero-order chi connectivity index (χ0) is 25.4. The Morgan fingerprint density at radius 1 is 1.00 bits per heavy atom. The van der Waals surface area contributed by atoms with E-state index < -0.39 is 24.3 Å². The summed E-state index contributed by atoms with van der Waals surface area (Å²) in [5.41, 5.74) is 1.00. The first-order valence-electron chi connectivity index (χ1n) is 12.2. The van der Waals surface area contributed by atoms with E-state index >= 15 is 0 Å². The molecule has 0 unspecified atom stereocenters. The number of carboxylic acids is 1. The number of H-pyrrole nitrogens is 1. The van der Waals surface area contributed by atoms with Crippen LogP contribution in [0.25, 0.3) is 0 Å². The van der Waals surface area contributed by atoms with E-state index in [-0.39, 0.29) is 45.6 Å². The summed E-state index contributed by atoms with van der Waals surface area (Å²) in [6.07, 6.45) is 0.756. The lowest BCUT2D eigenvalue weighted by Crippen LogP contribution is -2.42. The largest absolute Gasteiger partial charge is 0.480 e. The molecule has 7 rings (SSSR count). The van der Waals surface area contributed by atoms with Crippen LogP contribution >= 0.6 is 23.1 Å². The third-order valence-corrected chi connectivity index (χ3v) is 10.9. The maximum Gasteiger partial charge on any atom is 0.323 e. The fourth-order valence-electron chi connectivity index (χ4n) is 7.14. The highest BCUT2D eigenvalue weighted by Gasteiger charge is 2.69. The number of carbonyl (C=O) groups is 3. The molecule has 1 aromatic heterocycles. The second kappa shape index (κ2) is 8.32. The van der Waals surface area contributed by atoms with Crippen molar-refractivity contribution in [3.05, 3.63) is 74.7 Å². The smallest absolute Gasteiger partial charge is 0.323 e. The summed E-state index contributed by atoms with van der Waals surface area (Å²) in [6, 6.07) is 17.4. The highest BCUT2D eigenvalue weighted by atomic mass is 32.2. The predicted octanol–water partition coefficient (Wildman–Crippen LogP) is 3.79. The van der Waals surface area contributed by atoms with Gasteiger partial charge in [-0.05, 0) is 54.0 Å². The summed E-state index contributed by atoms with van der Waals surface area (Å²) in [5.74, 6) is -1.66. The monoisotopic (exact) mass is 534 g/mol. The van der Waals surface area contributed by atoms with E-state index in [9.17, 15) is 24.3 Å². The van der Waals surface area contributed by atoms with E-state index in [4.69, 9.17) is 4.74 Å². The van der Waals surface area contributed by atoms with Crippen LogP contribution in [0.4, 0.5) is 0 Å². The topological polar surface area (TPSA) is 117 Å². The van der Waals surface area contributed by atoms with Gasteiger partial charge in [0.05, 0.1) is 16.9 Å². The lowest BCUT2D eigenvalue weighted by molar-refractivity contribution is -0.149. The van der Waals surface area contributed by atoms with Gasteiger partial charge in [0.1, 0.15) is 18.0 Å². The third-order valence-electron chi connectivity index (χ3n) is 8.30. The minimum absolute atomic E-state index is 0.0388. The molecule has 37 heavy (non-hydrogen) atoms. The molecule has 2 aliphatic heterocycles. The third kappa shape index (κ3) is 3.42. The van der Waals surface area contributed by atoms with Crippen LogP contribution in [0, 0.1) is 29.6 Å². The lowest BCUT2D eigenvalue weighted by atomic mass is 9.68. The van der Waals surface area contributed by atoms with Gasteiger partial charge in [-0.25, -0.2) is 0 Å². The van der Waals surface area contributed by atoms with E-state index in [1.807, 2.05) is 54.6 Å². The molecule has 3 fully saturated rings. The number of aromatic nitrogens is 1. The number of nitrogens with one attached hydrogen (secondary N) is 1. The molecule has 2 saturated carbocycles. The molecule has 0 spiro atoms.